The zero-order valence-corrected chi connectivity index (χ0v) is 92.8. The van der Waals surface area contributed by atoms with Gasteiger partial charge in [-0.3, -0.25) is 31.9 Å². The predicted octanol–water partition coefficient (Wildman–Crippen LogP) is 32.0. The van der Waals surface area contributed by atoms with Crippen LogP contribution in [0.1, 0.15) is 113 Å². The lowest BCUT2D eigenvalue weighted by Gasteiger charge is -2.15. The van der Waals surface area contributed by atoms with Gasteiger partial charge in [0.25, 0.3) is 0 Å². The summed E-state index contributed by atoms with van der Waals surface area (Å²) in [6, 6.07) is 58.0. The largest absolute Gasteiger partial charge is 0.488 e. The number of hydrogen-bond acceptors (Lipinski definition) is 18. The fourth-order valence-corrected chi connectivity index (χ4v) is 16.9. The second-order valence-corrected chi connectivity index (χ2v) is 38.0. The Hall–Kier alpha value is -10.6. The molecule has 0 aliphatic carbocycles. The molecule has 6 N–H and O–H groups in total. The van der Waals surface area contributed by atoms with Crippen molar-refractivity contribution in [2.45, 2.75) is 137 Å². The first-order valence-electron chi connectivity index (χ1n) is 41.8. The first-order valence-corrected chi connectivity index (χ1v) is 48.9. The summed E-state index contributed by atoms with van der Waals surface area (Å²) in [5, 5.41) is 16.4. The molecular weight excluding hydrogens is 2360 g/mol. The average molecular weight is 2470 g/mol. The van der Waals surface area contributed by atoms with Crippen molar-refractivity contribution in [3.05, 3.63) is 339 Å². The predicted molar refractivity (Wildman–Crippen MR) is 579 cm³/mol. The van der Waals surface area contributed by atoms with Crippen molar-refractivity contribution in [3.63, 3.8) is 0 Å². The van der Waals surface area contributed by atoms with Gasteiger partial charge in [-0.1, -0.05) is 89.6 Å². The minimum absolute atomic E-state index is 0. The highest BCUT2D eigenvalue weighted by atomic mass is 127. The van der Waals surface area contributed by atoms with Crippen molar-refractivity contribution in [1.82, 2.24) is 0 Å². The smallest absolute Gasteiger partial charge is 0.411 e. The number of para-hydroxylation sites is 1. The van der Waals surface area contributed by atoms with Gasteiger partial charge in [0.15, 0.2) is 0 Å². The lowest BCUT2D eigenvalue weighted by molar-refractivity contribution is 0.186. The quantitative estimate of drug-likeness (QED) is 0.0242. The lowest BCUT2D eigenvalue weighted by atomic mass is 10.1. The molecule has 24 nitrogen and oxygen atoms in total. The summed E-state index contributed by atoms with van der Waals surface area (Å²) in [5.74, 6) is 3.96. The average Bonchev–Trinajstić information content (AvgIpc) is 0.825. The number of methoxy groups -OCH3 is 6. The molecular formula is C104H110Br7ClFIN6O18. The number of halogens is 10. The summed E-state index contributed by atoms with van der Waals surface area (Å²) in [7, 11) is 7.90. The highest BCUT2D eigenvalue weighted by Gasteiger charge is 2.21. The molecule has 0 spiro atoms. The Labute approximate surface area is 883 Å². The number of carbonyl (C=O) groups excluding carboxylic acids is 6. The lowest BCUT2D eigenvalue weighted by Crippen LogP contribution is -2.14. The molecule has 6 amide bonds. The molecule has 0 atom stereocenters. The zero-order valence-electron chi connectivity index (χ0n) is 78.8. The number of carbonyl (C=O) groups is 6. The highest BCUT2D eigenvalue weighted by molar-refractivity contribution is 14.1. The highest BCUT2D eigenvalue weighted by Crippen LogP contribution is 2.39. The minimum atomic E-state index is -0.663. The summed E-state index contributed by atoms with van der Waals surface area (Å²) >= 11 is 33.0. The van der Waals surface area contributed by atoms with E-state index >= 15 is 0 Å². The third-order valence-electron chi connectivity index (χ3n) is 21.0. The van der Waals surface area contributed by atoms with Gasteiger partial charge < -0.3 is 56.8 Å². The van der Waals surface area contributed by atoms with Gasteiger partial charge in [0, 0.05) is 46.4 Å². The van der Waals surface area contributed by atoms with Crippen molar-refractivity contribution in [2.24, 2.45) is 0 Å². The van der Waals surface area contributed by atoms with Crippen LogP contribution >= 0.6 is 146 Å². The third-order valence-corrected chi connectivity index (χ3v) is 26.8. The Morgan fingerprint density at radius 2 is 0.507 bits per heavy atom. The summed E-state index contributed by atoms with van der Waals surface area (Å²) in [6.45, 7) is 28.0. The minimum Gasteiger partial charge on any atom is -0.488 e. The molecule has 0 saturated heterocycles. The summed E-state index contributed by atoms with van der Waals surface area (Å²) in [5.41, 5.74) is 23.0. The van der Waals surface area contributed by atoms with Crippen molar-refractivity contribution in [1.29, 1.82) is 0 Å². The molecule has 0 aliphatic heterocycles. The molecule has 0 heterocycles. The van der Waals surface area contributed by atoms with Crippen LogP contribution in [-0.2, 0) is 68.1 Å². The van der Waals surface area contributed by atoms with Crippen LogP contribution in [0.3, 0.4) is 0 Å². The van der Waals surface area contributed by atoms with E-state index in [-0.39, 0.29) is 26.2 Å². The molecule has 12 aromatic carbocycles. The van der Waals surface area contributed by atoms with Crippen LogP contribution in [-0.4, -0.2) is 79.2 Å². The fraction of sp³-hybridized carbons (Fsp3) is 0.250. The number of anilines is 6. The molecule has 0 radical (unpaired) electrons. The van der Waals surface area contributed by atoms with Gasteiger partial charge in [-0.2, -0.15) is 0 Å². The van der Waals surface area contributed by atoms with Gasteiger partial charge in [0.2, 0.25) is 0 Å². The van der Waals surface area contributed by atoms with E-state index in [9.17, 15) is 33.2 Å². The Bertz CT molecular complexity index is 5550. The normalized spacial score (nSPS) is 10.2. The molecule has 138 heavy (non-hydrogen) atoms. The number of rotatable bonds is 24. The second kappa shape index (κ2) is 57.8. The van der Waals surface area contributed by atoms with E-state index in [2.05, 4.69) is 222 Å². The molecule has 0 fully saturated rings. The van der Waals surface area contributed by atoms with Gasteiger partial charge in [0.1, 0.15) is 80.0 Å². The van der Waals surface area contributed by atoms with Crippen LogP contribution in [0.2, 0.25) is 5.02 Å². The monoisotopic (exact) mass is 2460 g/mol. The maximum Gasteiger partial charge on any atom is 0.411 e. The Morgan fingerprint density at radius 3 is 0.862 bits per heavy atom. The maximum absolute atomic E-state index is 14.1. The van der Waals surface area contributed by atoms with Gasteiger partial charge in [0.05, 0.1) is 104 Å². The number of nitrogens with one attached hydrogen (secondary N) is 6. The van der Waals surface area contributed by atoms with Crippen LogP contribution in [0.4, 0.5) is 67.3 Å². The number of hydrogen-bond donors (Lipinski definition) is 6. The summed E-state index contributed by atoms with van der Waals surface area (Å²) < 4.78 is 84.3. The third kappa shape index (κ3) is 35.9. The summed E-state index contributed by atoms with van der Waals surface area (Å²) in [6.07, 6.45) is -3.23. The van der Waals surface area contributed by atoms with E-state index in [0.717, 1.165) is 114 Å². The van der Waals surface area contributed by atoms with Crippen molar-refractivity contribution in [3.8, 4) is 34.5 Å². The van der Waals surface area contributed by atoms with E-state index < -0.39 is 42.4 Å². The van der Waals surface area contributed by atoms with Crippen LogP contribution in [0, 0.1) is 99.4 Å². The van der Waals surface area contributed by atoms with E-state index in [1.54, 1.807) is 30.3 Å². The molecule has 0 aliphatic rings. The van der Waals surface area contributed by atoms with Crippen LogP contribution < -0.4 is 60.3 Å². The van der Waals surface area contributed by atoms with Gasteiger partial charge in [-0.15, -0.1) is 0 Å². The molecule has 734 valence electrons. The van der Waals surface area contributed by atoms with E-state index in [4.69, 9.17) is 40.0 Å². The first-order chi connectivity index (χ1) is 65.1. The zero-order chi connectivity index (χ0) is 101. The van der Waals surface area contributed by atoms with Gasteiger partial charge in [-0.05, 0) is 414 Å². The topological polar surface area (TPSA) is 285 Å². The van der Waals surface area contributed by atoms with E-state index in [1.807, 2.05) is 208 Å². The molecule has 0 unspecified atom stereocenters. The summed E-state index contributed by atoms with van der Waals surface area (Å²) in [4.78, 5) is 68.5. The second-order valence-electron chi connectivity index (χ2n) is 30.5. The molecule has 0 bridgehead atoms. The van der Waals surface area contributed by atoms with Crippen LogP contribution in [0.25, 0.3) is 0 Å². The van der Waals surface area contributed by atoms with Crippen LogP contribution in [0.5, 0.6) is 34.5 Å². The van der Waals surface area contributed by atoms with Crippen LogP contribution in [0.15, 0.2) is 219 Å². The van der Waals surface area contributed by atoms with Gasteiger partial charge >= 0.3 is 36.6 Å². The molecule has 0 aromatic heterocycles. The first kappa shape index (κ1) is 116. The van der Waals surface area contributed by atoms with Gasteiger partial charge in [-0.25, -0.2) is 33.2 Å². The molecule has 0 saturated carbocycles. The van der Waals surface area contributed by atoms with E-state index in [1.165, 1.54) is 99.3 Å². The maximum atomic E-state index is 14.1. The van der Waals surface area contributed by atoms with Crippen molar-refractivity contribution in [2.75, 3.05) is 74.6 Å². The number of ether oxygens (including phenoxy) is 12. The van der Waals surface area contributed by atoms with E-state index in [0.29, 0.717) is 76.9 Å². The molecule has 12 rings (SSSR count). The van der Waals surface area contributed by atoms with Crippen molar-refractivity contribution >= 4 is 216 Å². The standard InChI is InChI=1S/C18H20BrNO3.C17H17Br2NO3.C17H17BrClNO3.C17H17BrFNO3.C17H17BrINO3.C17H18BrNO3.CH4/c1-11-6-5-7-16(20-18(21)22-4)14(11)10-23-17-9-13(3)12(2)8-15(17)19;1-10-7-14(19)16(8-11(10)2)23-9-12-13(18)5-4-6-15(12)20-17(21)22-3;3*1-10-7-13(18)16(8-11(10)2)23-9-12-14(19)5-4-6-15(12)20-17(21)22-3;1-11-8-14(18)16(9-12(11)2)22-10-13-6-4-5-7-15(13)19-17(20)21-3;/h5-9H,10H2,1-4H3,(H,20,21);4*4-8H,9H2,1-3H3,(H,20,21);4-9H,10H2,1-3H3,(H,19,20);1H4. The fourth-order valence-electron chi connectivity index (χ4n) is 12.1. The Morgan fingerprint density at radius 1 is 0.268 bits per heavy atom. The Balaban J connectivity index is 0.000000254. The number of benzene rings is 12. The Kier molecular flexibility index (Phi) is 48.6. The number of aryl methyl sites for hydroxylation is 13. The SMILES string of the molecule is C.COC(=O)Nc1cccc(Br)c1COc1cc(C)c(C)cc1Br.COC(=O)Nc1cccc(C)c1COc1cc(C)c(C)cc1Br.COC(=O)Nc1cccc(Cl)c1COc1cc(C)c(C)cc1Br.COC(=O)Nc1cccc(F)c1COc1cc(C)c(C)cc1Br.COC(=O)Nc1cccc(I)c1COc1cc(C)c(C)cc1Br.COC(=O)Nc1ccccc1COc1cc(C)c(C)cc1Br. The molecule has 34 heteroatoms. The molecule has 12 aromatic rings. The van der Waals surface area contributed by atoms with Crippen molar-refractivity contribution < 1.29 is 90.0 Å². The number of amides is 6.